The molecule has 9 heteroatoms. The van der Waals surface area contributed by atoms with Crippen LogP contribution in [0.1, 0.15) is 0 Å². The maximum absolute atomic E-state index is 12.7. The number of carbonyl (C=O) groups excluding carboxylic acids is 1. The Morgan fingerprint density at radius 3 is 2.00 bits per heavy atom. The normalized spacial score (nSPS) is 15.0. The van der Waals surface area contributed by atoms with Gasteiger partial charge in [-0.05, 0) is 12.1 Å². The molecule has 0 N–H and O–H groups in total. The van der Waals surface area contributed by atoms with E-state index in [2.05, 4.69) is 0 Å². The third-order valence-electron chi connectivity index (χ3n) is 4.66. The van der Waals surface area contributed by atoms with Crippen molar-refractivity contribution >= 4 is 15.9 Å². The number of piperazine rings is 1. The van der Waals surface area contributed by atoms with Crippen molar-refractivity contribution in [2.75, 3.05) is 47.0 Å². The molecule has 156 valence electrons. The maximum Gasteiger partial charge on any atom is 0.260 e. The number of nitrogens with zero attached hydrogens (tertiary/aromatic N) is 2. The fraction of sp³-hybridized carbons (Fsp3) is 0.350. The first-order valence-electron chi connectivity index (χ1n) is 9.13. The largest absolute Gasteiger partial charge is 0.496 e. The predicted molar refractivity (Wildman–Crippen MR) is 107 cm³/mol. The van der Waals surface area contributed by atoms with Crippen molar-refractivity contribution in [2.45, 2.75) is 4.90 Å². The van der Waals surface area contributed by atoms with Gasteiger partial charge in [-0.25, -0.2) is 8.42 Å². The van der Waals surface area contributed by atoms with Crippen molar-refractivity contribution in [2.24, 2.45) is 0 Å². The Hall–Kier alpha value is -2.78. The number of methoxy groups -OCH3 is 2. The Balaban J connectivity index is 1.55. The van der Waals surface area contributed by atoms with Gasteiger partial charge in [-0.15, -0.1) is 0 Å². The first-order chi connectivity index (χ1) is 13.9. The lowest BCUT2D eigenvalue weighted by atomic mass is 10.3. The van der Waals surface area contributed by atoms with Crippen LogP contribution in [0.4, 0.5) is 0 Å². The molecule has 0 radical (unpaired) electrons. The molecular formula is C20H24N2O6S. The third-order valence-corrected chi connectivity index (χ3v) is 6.57. The Bertz CT molecular complexity index is 918. The molecule has 0 aromatic heterocycles. The van der Waals surface area contributed by atoms with Gasteiger partial charge in [-0.3, -0.25) is 4.79 Å². The van der Waals surface area contributed by atoms with Crippen molar-refractivity contribution < 1.29 is 27.4 Å². The van der Waals surface area contributed by atoms with Gasteiger partial charge in [-0.1, -0.05) is 18.2 Å². The number of amides is 1. The summed E-state index contributed by atoms with van der Waals surface area (Å²) in [5.74, 6) is 1.38. The summed E-state index contributed by atoms with van der Waals surface area (Å²) in [4.78, 5) is 14.3. The van der Waals surface area contributed by atoms with Gasteiger partial charge in [-0.2, -0.15) is 4.31 Å². The van der Waals surface area contributed by atoms with E-state index >= 15 is 0 Å². The number of rotatable bonds is 7. The quantitative estimate of drug-likeness (QED) is 0.677. The van der Waals surface area contributed by atoms with Crippen molar-refractivity contribution in [1.82, 2.24) is 9.21 Å². The zero-order chi connectivity index (χ0) is 20.9. The minimum atomic E-state index is -3.55. The second kappa shape index (κ2) is 9.15. The first kappa shape index (κ1) is 20.9. The zero-order valence-corrected chi connectivity index (χ0v) is 17.2. The molecule has 2 aromatic rings. The second-order valence-electron chi connectivity index (χ2n) is 6.43. The van der Waals surface area contributed by atoms with Crippen LogP contribution in [0.2, 0.25) is 0 Å². The van der Waals surface area contributed by atoms with Crippen molar-refractivity contribution in [1.29, 1.82) is 0 Å². The Morgan fingerprint density at radius 2 is 1.45 bits per heavy atom. The van der Waals surface area contributed by atoms with Gasteiger partial charge in [0.25, 0.3) is 5.91 Å². The van der Waals surface area contributed by atoms with Crippen LogP contribution in [0.25, 0.3) is 0 Å². The molecule has 1 fully saturated rings. The van der Waals surface area contributed by atoms with E-state index in [-0.39, 0.29) is 30.5 Å². The molecular weight excluding hydrogens is 396 g/mol. The molecule has 0 atom stereocenters. The number of sulfonamides is 1. The van der Waals surface area contributed by atoms with E-state index in [1.54, 1.807) is 53.4 Å². The average molecular weight is 420 g/mol. The fourth-order valence-corrected chi connectivity index (χ4v) is 4.46. The zero-order valence-electron chi connectivity index (χ0n) is 16.4. The topological polar surface area (TPSA) is 85.4 Å². The van der Waals surface area contributed by atoms with E-state index in [4.69, 9.17) is 14.2 Å². The highest BCUT2D eigenvalue weighted by molar-refractivity contribution is 7.89. The van der Waals surface area contributed by atoms with Gasteiger partial charge in [0, 0.05) is 44.4 Å². The van der Waals surface area contributed by atoms with Crippen LogP contribution in [0.5, 0.6) is 17.2 Å². The van der Waals surface area contributed by atoms with E-state index in [1.807, 2.05) is 0 Å². The summed E-state index contributed by atoms with van der Waals surface area (Å²) >= 11 is 0. The average Bonchev–Trinajstić information content (AvgIpc) is 2.77. The minimum absolute atomic E-state index is 0.151. The van der Waals surface area contributed by atoms with Crippen LogP contribution in [-0.2, 0) is 14.8 Å². The molecule has 29 heavy (non-hydrogen) atoms. The van der Waals surface area contributed by atoms with Gasteiger partial charge in [0.05, 0.1) is 19.1 Å². The molecule has 0 bridgehead atoms. The maximum atomic E-state index is 12.7. The number of hydrogen-bond acceptors (Lipinski definition) is 6. The van der Waals surface area contributed by atoms with E-state index in [0.717, 1.165) is 0 Å². The van der Waals surface area contributed by atoms with Crippen LogP contribution < -0.4 is 14.2 Å². The summed E-state index contributed by atoms with van der Waals surface area (Å²) < 4.78 is 42.7. The lowest BCUT2D eigenvalue weighted by Crippen LogP contribution is -2.51. The molecule has 8 nitrogen and oxygen atoms in total. The smallest absolute Gasteiger partial charge is 0.260 e. The van der Waals surface area contributed by atoms with Gasteiger partial charge in [0.2, 0.25) is 10.0 Å². The van der Waals surface area contributed by atoms with E-state index in [9.17, 15) is 13.2 Å². The lowest BCUT2D eigenvalue weighted by Gasteiger charge is -2.34. The lowest BCUT2D eigenvalue weighted by molar-refractivity contribution is -0.134. The highest BCUT2D eigenvalue weighted by atomic mass is 32.2. The van der Waals surface area contributed by atoms with Crippen LogP contribution in [-0.4, -0.2) is 70.5 Å². The van der Waals surface area contributed by atoms with E-state index < -0.39 is 10.0 Å². The van der Waals surface area contributed by atoms with Crippen molar-refractivity contribution in [3.63, 3.8) is 0 Å². The molecule has 0 unspecified atom stereocenters. The summed E-state index contributed by atoms with van der Waals surface area (Å²) in [6, 6.07) is 13.3. The third kappa shape index (κ3) is 4.99. The highest BCUT2D eigenvalue weighted by Crippen LogP contribution is 2.27. The standard InChI is InChI=1S/C20H24N2O6S/c1-26-16-12-17(27-2)14-18(13-16)28-15-20(23)21-8-10-22(11-9-21)29(24,25)19-6-4-3-5-7-19/h3-7,12-14H,8-11,15H2,1-2H3. The Labute approximate surface area is 170 Å². The molecule has 1 aliphatic heterocycles. The van der Waals surface area contributed by atoms with Crippen LogP contribution in [0.15, 0.2) is 53.4 Å². The SMILES string of the molecule is COc1cc(OC)cc(OCC(=O)N2CCN(S(=O)(=O)c3ccccc3)CC2)c1. The molecule has 1 heterocycles. The first-order valence-corrected chi connectivity index (χ1v) is 10.6. The van der Waals surface area contributed by atoms with Crippen LogP contribution >= 0.6 is 0 Å². The summed E-state index contributed by atoms with van der Waals surface area (Å²) in [6.45, 7) is 0.971. The molecule has 2 aromatic carbocycles. The van der Waals surface area contributed by atoms with Crippen molar-refractivity contribution in [3.05, 3.63) is 48.5 Å². The number of carbonyl (C=O) groups is 1. The number of hydrogen-bond donors (Lipinski definition) is 0. The van der Waals surface area contributed by atoms with Gasteiger partial charge in [0.15, 0.2) is 6.61 Å². The van der Waals surface area contributed by atoms with Gasteiger partial charge >= 0.3 is 0 Å². The summed E-state index contributed by atoms with van der Waals surface area (Å²) in [5, 5.41) is 0. The molecule has 3 rings (SSSR count). The van der Waals surface area contributed by atoms with E-state index in [1.165, 1.54) is 18.5 Å². The molecule has 1 amide bonds. The molecule has 0 saturated carbocycles. The minimum Gasteiger partial charge on any atom is -0.496 e. The van der Waals surface area contributed by atoms with Gasteiger partial charge in [0.1, 0.15) is 17.2 Å². The van der Waals surface area contributed by atoms with Gasteiger partial charge < -0.3 is 19.1 Å². The highest BCUT2D eigenvalue weighted by Gasteiger charge is 2.30. The Kier molecular flexibility index (Phi) is 6.60. The molecule has 1 saturated heterocycles. The van der Waals surface area contributed by atoms with Crippen LogP contribution in [0, 0.1) is 0 Å². The summed E-state index contributed by atoms with van der Waals surface area (Å²) in [7, 11) is -0.477. The van der Waals surface area contributed by atoms with E-state index in [0.29, 0.717) is 30.3 Å². The monoisotopic (exact) mass is 420 g/mol. The summed E-state index contributed by atoms with van der Waals surface area (Å²) in [6.07, 6.45) is 0. The summed E-state index contributed by atoms with van der Waals surface area (Å²) in [5.41, 5.74) is 0. The van der Waals surface area contributed by atoms with Crippen molar-refractivity contribution in [3.8, 4) is 17.2 Å². The predicted octanol–water partition coefficient (Wildman–Crippen LogP) is 1.62. The second-order valence-corrected chi connectivity index (χ2v) is 8.37. The Morgan fingerprint density at radius 1 is 0.897 bits per heavy atom. The number of benzene rings is 2. The molecule has 0 spiro atoms. The van der Waals surface area contributed by atoms with Crippen LogP contribution in [0.3, 0.4) is 0 Å². The fourth-order valence-electron chi connectivity index (χ4n) is 3.02. The molecule has 1 aliphatic rings. The molecule has 0 aliphatic carbocycles. The number of ether oxygens (including phenoxy) is 3.